The van der Waals surface area contributed by atoms with Crippen LogP contribution >= 0.6 is 11.6 Å². The van der Waals surface area contributed by atoms with E-state index in [2.05, 4.69) is 12.2 Å². The minimum Gasteiger partial charge on any atom is -0.309 e. The predicted octanol–water partition coefficient (Wildman–Crippen LogP) is 2.43. The zero-order chi connectivity index (χ0) is 12.9. The average Bonchev–Trinajstić information content (AvgIpc) is 2.24. The van der Waals surface area contributed by atoms with Gasteiger partial charge in [0, 0.05) is 23.9 Å². The van der Waals surface area contributed by atoms with Crippen LogP contribution < -0.4 is 5.32 Å². The van der Waals surface area contributed by atoms with Gasteiger partial charge < -0.3 is 5.32 Å². The minimum atomic E-state index is -2.90. The molecule has 0 aliphatic heterocycles. The van der Waals surface area contributed by atoms with E-state index in [1.54, 1.807) is 0 Å². The highest BCUT2D eigenvalue weighted by molar-refractivity contribution is 7.90. The lowest BCUT2D eigenvalue weighted by atomic mass is 10.1. The second-order valence-corrected chi connectivity index (χ2v) is 6.79. The fourth-order valence-corrected chi connectivity index (χ4v) is 2.23. The molecule has 0 fully saturated rings. The smallest absolute Gasteiger partial charge is 0.148 e. The molecular weight excluding hydrogens is 258 g/mol. The van der Waals surface area contributed by atoms with Gasteiger partial charge in [-0.3, -0.25) is 0 Å². The summed E-state index contributed by atoms with van der Waals surface area (Å²) >= 11 is 5.82. The monoisotopic (exact) mass is 275 g/mol. The molecule has 0 amide bonds. The summed E-state index contributed by atoms with van der Waals surface area (Å²) in [6, 6.07) is 7.79. The Balaban J connectivity index is 2.57. The fourth-order valence-electron chi connectivity index (χ4n) is 1.61. The number of benzene rings is 1. The first-order valence-electron chi connectivity index (χ1n) is 5.59. The molecule has 3 nitrogen and oxygen atoms in total. The van der Waals surface area contributed by atoms with Gasteiger partial charge in [-0.05, 0) is 24.1 Å². The number of hydrogen-bond donors (Lipinski definition) is 1. The Kier molecular flexibility index (Phi) is 5.43. The van der Waals surface area contributed by atoms with Crippen molar-refractivity contribution >= 4 is 21.4 Å². The lowest BCUT2D eigenvalue weighted by molar-refractivity contribution is 0.532. The number of rotatable bonds is 6. The van der Waals surface area contributed by atoms with Crippen molar-refractivity contribution in [2.75, 3.05) is 18.6 Å². The van der Waals surface area contributed by atoms with Crippen molar-refractivity contribution in [1.82, 2.24) is 5.32 Å². The molecule has 0 saturated heterocycles. The number of hydrogen-bond acceptors (Lipinski definition) is 3. The molecule has 17 heavy (non-hydrogen) atoms. The van der Waals surface area contributed by atoms with Crippen LogP contribution in [0, 0.1) is 0 Å². The van der Waals surface area contributed by atoms with E-state index in [4.69, 9.17) is 11.6 Å². The van der Waals surface area contributed by atoms with Crippen LogP contribution in [0.5, 0.6) is 0 Å². The van der Waals surface area contributed by atoms with Crippen molar-refractivity contribution < 1.29 is 8.42 Å². The number of nitrogens with one attached hydrogen (secondary N) is 1. The molecule has 1 unspecified atom stereocenters. The van der Waals surface area contributed by atoms with Gasteiger partial charge in [0.05, 0.1) is 5.75 Å². The number of halogens is 1. The highest BCUT2D eigenvalue weighted by atomic mass is 35.5. The van der Waals surface area contributed by atoms with Gasteiger partial charge in [-0.25, -0.2) is 8.42 Å². The Morgan fingerprint density at radius 1 is 1.29 bits per heavy atom. The van der Waals surface area contributed by atoms with E-state index in [-0.39, 0.29) is 11.8 Å². The third-order valence-corrected chi connectivity index (χ3v) is 3.74. The van der Waals surface area contributed by atoms with E-state index in [1.807, 2.05) is 24.3 Å². The Labute approximate surface area is 108 Å². The van der Waals surface area contributed by atoms with Crippen LogP contribution in [0.3, 0.4) is 0 Å². The van der Waals surface area contributed by atoms with E-state index < -0.39 is 9.84 Å². The van der Waals surface area contributed by atoms with Crippen LogP contribution in [0.25, 0.3) is 0 Å². The molecule has 96 valence electrons. The Bertz CT molecular complexity index is 442. The van der Waals surface area contributed by atoms with E-state index in [9.17, 15) is 8.42 Å². The van der Waals surface area contributed by atoms with Crippen molar-refractivity contribution in [1.29, 1.82) is 0 Å². The van der Waals surface area contributed by atoms with Gasteiger partial charge in [0.1, 0.15) is 9.84 Å². The van der Waals surface area contributed by atoms with E-state index >= 15 is 0 Å². The highest BCUT2D eigenvalue weighted by Crippen LogP contribution is 2.18. The lowest BCUT2D eigenvalue weighted by Gasteiger charge is -2.17. The molecule has 1 atom stereocenters. The van der Waals surface area contributed by atoms with Crippen LogP contribution in [-0.4, -0.2) is 27.0 Å². The second kappa shape index (κ2) is 6.38. The zero-order valence-electron chi connectivity index (χ0n) is 10.1. The number of sulfone groups is 1. The van der Waals surface area contributed by atoms with Gasteiger partial charge in [-0.2, -0.15) is 0 Å². The maximum absolute atomic E-state index is 11.0. The van der Waals surface area contributed by atoms with Crippen molar-refractivity contribution in [2.45, 2.75) is 19.4 Å². The Morgan fingerprint density at radius 2 is 1.88 bits per heavy atom. The van der Waals surface area contributed by atoms with Gasteiger partial charge in [0.15, 0.2) is 0 Å². The SMILES string of the molecule is CCC(NCCS(C)(=O)=O)c1ccc(Cl)cc1. The molecule has 0 bridgehead atoms. The van der Waals surface area contributed by atoms with E-state index in [0.717, 1.165) is 12.0 Å². The van der Waals surface area contributed by atoms with Gasteiger partial charge in [-0.15, -0.1) is 0 Å². The summed E-state index contributed by atoms with van der Waals surface area (Å²) in [5.74, 6) is 0.164. The quantitative estimate of drug-likeness (QED) is 0.867. The molecule has 1 rings (SSSR count). The highest BCUT2D eigenvalue weighted by Gasteiger charge is 2.09. The largest absolute Gasteiger partial charge is 0.309 e. The topological polar surface area (TPSA) is 46.2 Å². The summed E-state index contributed by atoms with van der Waals surface area (Å²) in [6.45, 7) is 2.53. The molecular formula is C12H18ClNO2S. The van der Waals surface area contributed by atoms with Gasteiger partial charge in [-0.1, -0.05) is 30.7 Å². The second-order valence-electron chi connectivity index (χ2n) is 4.10. The van der Waals surface area contributed by atoms with Gasteiger partial charge in [0.25, 0.3) is 0 Å². The standard InChI is InChI=1S/C12H18ClNO2S/c1-3-12(14-8-9-17(2,15)16)10-4-6-11(13)7-5-10/h4-7,12,14H,3,8-9H2,1-2H3. The minimum absolute atomic E-state index is 0.164. The molecule has 0 radical (unpaired) electrons. The van der Waals surface area contributed by atoms with E-state index in [1.165, 1.54) is 6.26 Å². The molecule has 0 heterocycles. The van der Waals surface area contributed by atoms with Crippen LogP contribution in [-0.2, 0) is 9.84 Å². The van der Waals surface area contributed by atoms with Crippen LogP contribution in [0.4, 0.5) is 0 Å². The summed E-state index contributed by atoms with van der Waals surface area (Å²) in [7, 11) is -2.90. The molecule has 1 aromatic carbocycles. The first kappa shape index (κ1) is 14.5. The molecule has 0 aliphatic rings. The van der Waals surface area contributed by atoms with Gasteiger partial charge in [0.2, 0.25) is 0 Å². The maximum Gasteiger partial charge on any atom is 0.148 e. The first-order valence-corrected chi connectivity index (χ1v) is 8.03. The summed E-state index contributed by atoms with van der Waals surface area (Å²) < 4.78 is 22.0. The molecule has 0 aromatic heterocycles. The molecule has 5 heteroatoms. The molecule has 0 spiro atoms. The normalized spacial score (nSPS) is 13.6. The zero-order valence-corrected chi connectivity index (χ0v) is 11.7. The van der Waals surface area contributed by atoms with Crippen LogP contribution in [0.15, 0.2) is 24.3 Å². The Hall–Kier alpha value is -0.580. The summed E-state index contributed by atoms with van der Waals surface area (Å²) in [5, 5.41) is 3.95. The molecule has 1 N–H and O–H groups in total. The third-order valence-electron chi connectivity index (χ3n) is 2.54. The van der Waals surface area contributed by atoms with E-state index in [0.29, 0.717) is 11.6 Å². The van der Waals surface area contributed by atoms with Gasteiger partial charge >= 0.3 is 0 Å². The lowest BCUT2D eigenvalue weighted by Crippen LogP contribution is -2.26. The Morgan fingerprint density at radius 3 is 2.35 bits per heavy atom. The average molecular weight is 276 g/mol. The van der Waals surface area contributed by atoms with Crippen molar-refractivity contribution in [2.24, 2.45) is 0 Å². The third kappa shape index (κ3) is 5.52. The fraction of sp³-hybridized carbons (Fsp3) is 0.500. The summed E-state index contributed by atoms with van der Waals surface area (Å²) in [4.78, 5) is 0. The molecule has 0 aliphatic carbocycles. The predicted molar refractivity (Wildman–Crippen MR) is 72.2 cm³/mol. The summed E-state index contributed by atoms with van der Waals surface area (Å²) in [6.07, 6.45) is 2.16. The van der Waals surface area contributed by atoms with Crippen LogP contribution in [0.1, 0.15) is 24.9 Å². The maximum atomic E-state index is 11.0. The van der Waals surface area contributed by atoms with Crippen molar-refractivity contribution in [3.05, 3.63) is 34.9 Å². The summed E-state index contributed by atoms with van der Waals surface area (Å²) in [5.41, 5.74) is 1.13. The first-order chi connectivity index (χ1) is 7.92. The van der Waals surface area contributed by atoms with Crippen LogP contribution in [0.2, 0.25) is 5.02 Å². The van der Waals surface area contributed by atoms with Crippen molar-refractivity contribution in [3.8, 4) is 0 Å². The van der Waals surface area contributed by atoms with Crippen molar-refractivity contribution in [3.63, 3.8) is 0 Å². The molecule has 0 saturated carbocycles. The molecule has 1 aromatic rings.